The number of hydrogen-bond donors (Lipinski definition) is 2. The summed E-state index contributed by atoms with van der Waals surface area (Å²) in [6, 6.07) is 6.64. The van der Waals surface area contributed by atoms with E-state index < -0.39 is 11.6 Å². The maximum absolute atomic E-state index is 12.1. The van der Waals surface area contributed by atoms with Crippen molar-refractivity contribution in [3.8, 4) is 6.07 Å². The minimum atomic E-state index is -0.813. The number of amides is 2. The first-order chi connectivity index (χ1) is 9.94. The highest BCUT2D eigenvalue weighted by Crippen LogP contribution is 2.25. The van der Waals surface area contributed by atoms with Crippen LogP contribution in [0.4, 0.5) is 10.5 Å². The molecule has 0 unspecified atom stereocenters. The second-order valence-electron chi connectivity index (χ2n) is 5.21. The van der Waals surface area contributed by atoms with E-state index in [1.807, 2.05) is 7.05 Å². The van der Waals surface area contributed by atoms with Crippen LogP contribution in [0.1, 0.15) is 12.8 Å². The Morgan fingerprint density at radius 3 is 2.57 bits per heavy atom. The Balaban J connectivity index is 2.00. The van der Waals surface area contributed by atoms with Gasteiger partial charge in [0, 0.05) is 18.8 Å². The zero-order chi connectivity index (χ0) is 15.5. The highest BCUT2D eigenvalue weighted by atomic mass is 35.5. The quantitative estimate of drug-likeness (QED) is 0.877. The van der Waals surface area contributed by atoms with Crippen molar-refractivity contribution in [2.75, 3.05) is 25.5 Å². The lowest BCUT2D eigenvalue weighted by molar-refractivity contribution is 0.193. The van der Waals surface area contributed by atoms with Gasteiger partial charge in [-0.2, -0.15) is 5.26 Å². The molecule has 2 N–H and O–H groups in total. The maximum Gasteiger partial charge on any atom is 0.320 e. The van der Waals surface area contributed by atoms with Gasteiger partial charge in [0.05, 0.1) is 16.1 Å². The Morgan fingerprint density at radius 1 is 1.33 bits per heavy atom. The molecular formula is C14H16Cl2N4O. The smallest absolute Gasteiger partial charge is 0.319 e. The number of piperidine rings is 1. The topological polar surface area (TPSA) is 68.2 Å². The van der Waals surface area contributed by atoms with Gasteiger partial charge in [-0.05, 0) is 38.1 Å². The molecule has 0 radical (unpaired) electrons. The molecule has 0 spiro atoms. The van der Waals surface area contributed by atoms with E-state index in [-0.39, 0.29) is 0 Å². The van der Waals surface area contributed by atoms with Crippen LogP contribution in [0.2, 0.25) is 10.0 Å². The van der Waals surface area contributed by atoms with Crippen LogP contribution in [-0.2, 0) is 0 Å². The van der Waals surface area contributed by atoms with Crippen molar-refractivity contribution in [2.45, 2.75) is 18.4 Å². The molecule has 1 aromatic rings. The molecular weight excluding hydrogens is 311 g/mol. The van der Waals surface area contributed by atoms with Crippen molar-refractivity contribution in [3.05, 3.63) is 28.2 Å². The number of nitrogens with zero attached hydrogens (tertiary/aromatic N) is 2. The van der Waals surface area contributed by atoms with Crippen molar-refractivity contribution >= 4 is 34.9 Å². The summed E-state index contributed by atoms with van der Waals surface area (Å²) >= 11 is 11.7. The molecule has 1 aromatic carbocycles. The fourth-order valence-electron chi connectivity index (χ4n) is 2.22. The van der Waals surface area contributed by atoms with Crippen LogP contribution in [-0.4, -0.2) is 36.6 Å². The lowest BCUT2D eigenvalue weighted by atomic mass is 9.89. The molecule has 7 heteroatoms. The van der Waals surface area contributed by atoms with Gasteiger partial charge in [-0.25, -0.2) is 4.79 Å². The van der Waals surface area contributed by atoms with Crippen molar-refractivity contribution in [1.82, 2.24) is 10.2 Å². The molecule has 21 heavy (non-hydrogen) atoms. The van der Waals surface area contributed by atoms with Crippen molar-refractivity contribution in [3.63, 3.8) is 0 Å². The Bertz CT molecular complexity index is 577. The molecule has 1 aliphatic rings. The molecule has 2 amide bonds. The fourth-order valence-corrected chi connectivity index (χ4v) is 2.52. The number of likely N-dealkylation sites (tertiary alicyclic amines) is 1. The van der Waals surface area contributed by atoms with E-state index in [4.69, 9.17) is 23.2 Å². The molecule has 112 valence electrons. The molecule has 1 saturated heterocycles. The van der Waals surface area contributed by atoms with Gasteiger partial charge < -0.3 is 15.5 Å². The highest BCUT2D eigenvalue weighted by Gasteiger charge is 2.35. The lowest BCUT2D eigenvalue weighted by Crippen LogP contribution is -2.54. The van der Waals surface area contributed by atoms with Crippen LogP contribution in [0.15, 0.2) is 18.2 Å². The van der Waals surface area contributed by atoms with Crippen LogP contribution < -0.4 is 10.6 Å². The Kier molecular flexibility index (Phi) is 4.94. The molecule has 0 aromatic heterocycles. The number of rotatable bonds is 2. The van der Waals surface area contributed by atoms with Crippen molar-refractivity contribution in [1.29, 1.82) is 5.26 Å². The predicted molar refractivity (Wildman–Crippen MR) is 83.7 cm³/mol. The van der Waals surface area contributed by atoms with E-state index in [0.29, 0.717) is 28.6 Å². The lowest BCUT2D eigenvalue weighted by Gasteiger charge is -2.35. The summed E-state index contributed by atoms with van der Waals surface area (Å²) in [5, 5.41) is 15.6. The number of nitrogens with one attached hydrogen (secondary N) is 2. The average Bonchev–Trinajstić information content (AvgIpc) is 2.46. The third-order valence-corrected chi connectivity index (χ3v) is 4.32. The van der Waals surface area contributed by atoms with E-state index in [0.717, 1.165) is 13.1 Å². The van der Waals surface area contributed by atoms with E-state index in [9.17, 15) is 10.1 Å². The summed E-state index contributed by atoms with van der Waals surface area (Å²) in [5.41, 5.74) is -0.282. The number of benzene rings is 1. The first kappa shape index (κ1) is 15.9. The number of carbonyl (C=O) groups is 1. The molecule has 1 aliphatic heterocycles. The fraction of sp³-hybridized carbons (Fsp3) is 0.429. The van der Waals surface area contributed by atoms with Crippen LogP contribution in [0, 0.1) is 11.3 Å². The number of nitriles is 1. The molecule has 0 aliphatic carbocycles. The standard InChI is InChI=1S/C14H16Cl2N4O/c1-20-6-4-14(9-17,5-7-20)19-13(21)18-10-2-3-11(15)12(16)8-10/h2-3,8H,4-7H2,1H3,(H2,18,19,21). The first-order valence-electron chi connectivity index (χ1n) is 6.58. The molecule has 0 atom stereocenters. The van der Waals surface area contributed by atoms with Gasteiger partial charge in [0.1, 0.15) is 5.54 Å². The largest absolute Gasteiger partial charge is 0.320 e. The number of hydrogen-bond acceptors (Lipinski definition) is 3. The van der Waals surface area contributed by atoms with Crippen LogP contribution >= 0.6 is 23.2 Å². The maximum atomic E-state index is 12.1. The summed E-state index contributed by atoms with van der Waals surface area (Å²) in [7, 11) is 2.00. The predicted octanol–water partition coefficient (Wildman–Crippen LogP) is 3.10. The van der Waals surface area contributed by atoms with E-state index in [1.54, 1.807) is 18.2 Å². The van der Waals surface area contributed by atoms with Crippen LogP contribution in [0.3, 0.4) is 0 Å². The van der Waals surface area contributed by atoms with Gasteiger partial charge in [-0.3, -0.25) is 0 Å². The average molecular weight is 327 g/mol. The summed E-state index contributed by atoms with van der Waals surface area (Å²) < 4.78 is 0. The van der Waals surface area contributed by atoms with Crippen molar-refractivity contribution < 1.29 is 4.79 Å². The summed E-state index contributed by atoms with van der Waals surface area (Å²) in [4.78, 5) is 14.2. The third kappa shape index (κ3) is 4.01. The van der Waals surface area contributed by atoms with Gasteiger partial charge in [0.15, 0.2) is 0 Å². The second-order valence-corrected chi connectivity index (χ2v) is 6.02. The molecule has 1 heterocycles. The van der Waals surface area contributed by atoms with E-state index in [2.05, 4.69) is 21.6 Å². The van der Waals surface area contributed by atoms with Gasteiger partial charge in [0.2, 0.25) is 0 Å². The minimum Gasteiger partial charge on any atom is -0.319 e. The van der Waals surface area contributed by atoms with Crippen LogP contribution in [0.25, 0.3) is 0 Å². The minimum absolute atomic E-state index is 0.365. The molecule has 5 nitrogen and oxygen atoms in total. The van der Waals surface area contributed by atoms with Gasteiger partial charge >= 0.3 is 6.03 Å². The summed E-state index contributed by atoms with van der Waals surface area (Å²) in [5.74, 6) is 0. The Morgan fingerprint density at radius 2 is 2.00 bits per heavy atom. The summed E-state index contributed by atoms with van der Waals surface area (Å²) in [6.07, 6.45) is 1.21. The number of halogens is 2. The molecule has 1 fully saturated rings. The van der Waals surface area contributed by atoms with Crippen molar-refractivity contribution in [2.24, 2.45) is 0 Å². The van der Waals surface area contributed by atoms with Gasteiger partial charge in [-0.1, -0.05) is 23.2 Å². The SMILES string of the molecule is CN1CCC(C#N)(NC(=O)Nc2ccc(Cl)c(Cl)c2)CC1. The number of carbonyl (C=O) groups excluding carboxylic acids is 1. The van der Waals surface area contributed by atoms with E-state index in [1.165, 1.54) is 0 Å². The number of urea groups is 1. The summed E-state index contributed by atoms with van der Waals surface area (Å²) in [6.45, 7) is 1.56. The molecule has 0 bridgehead atoms. The third-order valence-electron chi connectivity index (χ3n) is 3.58. The first-order valence-corrected chi connectivity index (χ1v) is 7.34. The Hall–Kier alpha value is -1.48. The van der Waals surface area contributed by atoms with Gasteiger partial charge in [0.25, 0.3) is 0 Å². The Labute approximate surface area is 133 Å². The second kappa shape index (κ2) is 6.52. The molecule has 2 rings (SSSR count). The molecule has 0 saturated carbocycles. The monoisotopic (exact) mass is 326 g/mol. The van der Waals surface area contributed by atoms with Gasteiger partial charge in [-0.15, -0.1) is 0 Å². The highest BCUT2D eigenvalue weighted by molar-refractivity contribution is 6.42. The normalized spacial score (nSPS) is 17.8. The number of anilines is 1. The zero-order valence-electron chi connectivity index (χ0n) is 11.6. The zero-order valence-corrected chi connectivity index (χ0v) is 13.1. The van der Waals surface area contributed by atoms with E-state index >= 15 is 0 Å². The van der Waals surface area contributed by atoms with Crippen LogP contribution in [0.5, 0.6) is 0 Å².